The van der Waals surface area contributed by atoms with Crippen LogP contribution in [-0.2, 0) is 9.59 Å². The number of rotatable bonds is 3. The fourth-order valence-electron chi connectivity index (χ4n) is 2.36. The van der Waals surface area contributed by atoms with E-state index in [9.17, 15) is 9.59 Å². The molecular weight excluding hydrogens is 180 g/mol. The largest absolute Gasteiger partial charge is 0.350 e. The predicted octanol–water partition coefficient (Wildman–Crippen LogP) is -0.0427. The van der Waals surface area contributed by atoms with Crippen molar-refractivity contribution < 1.29 is 9.59 Å². The van der Waals surface area contributed by atoms with Crippen LogP contribution in [0.3, 0.4) is 0 Å². The zero-order valence-corrected chi connectivity index (χ0v) is 8.01. The average molecular weight is 194 g/mol. The standard InChI is InChI=1S/C10H14N2O2/c1-2-8(13)11-6-10-4-3-7(5-10)9(14)12-10/h2,7H,1,3-6H2,(H,11,13)(H,12,14). The molecule has 2 amide bonds. The van der Waals surface area contributed by atoms with Gasteiger partial charge in [-0.3, -0.25) is 9.59 Å². The molecule has 2 atom stereocenters. The first-order valence-electron chi connectivity index (χ1n) is 4.87. The highest BCUT2D eigenvalue weighted by Gasteiger charge is 2.49. The van der Waals surface area contributed by atoms with Crippen LogP contribution >= 0.6 is 0 Å². The molecule has 1 saturated carbocycles. The van der Waals surface area contributed by atoms with E-state index in [2.05, 4.69) is 17.2 Å². The molecule has 0 aromatic heterocycles. The maximum Gasteiger partial charge on any atom is 0.243 e. The van der Waals surface area contributed by atoms with Crippen molar-refractivity contribution in [2.45, 2.75) is 24.8 Å². The van der Waals surface area contributed by atoms with Crippen LogP contribution < -0.4 is 10.6 Å². The van der Waals surface area contributed by atoms with E-state index in [0.29, 0.717) is 6.54 Å². The van der Waals surface area contributed by atoms with E-state index in [-0.39, 0.29) is 23.3 Å². The van der Waals surface area contributed by atoms with E-state index in [1.807, 2.05) is 0 Å². The third-order valence-corrected chi connectivity index (χ3v) is 3.15. The molecule has 4 nitrogen and oxygen atoms in total. The van der Waals surface area contributed by atoms with Gasteiger partial charge in [0, 0.05) is 12.5 Å². The lowest BCUT2D eigenvalue weighted by molar-refractivity contribution is -0.124. The number of fused-ring (bicyclic) bond motifs is 2. The molecule has 0 aromatic rings. The Morgan fingerprint density at radius 1 is 1.79 bits per heavy atom. The van der Waals surface area contributed by atoms with E-state index in [4.69, 9.17) is 0 Å². The molecule has 1 saturated heterocycles. The molecule has 2 bridgehead atoms. The minimum Gasteiger partial charge on any atom is -0.350 e. The Bertz CT molecular complexity index is 300. The molecular formula is C10H14N2O2. The molecule has 4 heteroatoms. The topological polar surface area (TPSA) is 58.2 Å². The van der Waals surface area contributed by atoms with Gasteiger partial charge in [0.25, 0.3) is 0 Å². The second-order valence-electron chi connectivity index (χ2n) is 4.13. The average Bonchev–Trinajstić information content (AvgIpc) is 2.71. The van der Waals surface area contributed by atoms with Crippen LogP contribution in [0.5, 0.6) is 0 Å². The number of hydrogen-bond acceptors (Lipinski definition) is 2. The summed E-state index contributed by atoms with van der Waals surface area (Å²) in [7, 11) is 0. The Morgan fingerprint density at radius 2 is 2.57 bits per heavy atom. The van der Waals surface area contributed by atoms with Crippen LogP contribution in [0.1, 0.15) is 19.3 Å². The number of piperidine rings is 1. The Hall–Kier alpha value is -1.32. The second kappa shape index (κ2) is 3.12. The Labute approximate surface area is 82.7 Å². The van der Waals surface area contributed by atoms with Crippen molar-refractivity contribution in [3.8, 4) is 0 Å². The molecule has 0 aromatic carbocycles. The predicted molar refractivity (Wildman–Crippen MR) is 51.4 cm³/mol. The van der Waals surface area contributed by atoms with Gasteiger partial charge in [0.1, 0.15) is 0 Å². The Morgan fingerprint density at radius 3 is 3.07 bits per heavy atom. The van der Waals surface area contributed by atoms with Gasteiger partial charge in [-0.05, 0) is 25.3 Å². The van der Waals surface area contributed by atoms with Crippen molar-refractivity contribution in [3.63, 3.8) is 0 Å². The summed E-state index contributed by atoms with van der Waals surface area (Å²) in [6, 6.07) is 0. The van der Waals surface area contributed by atoms with Crippen molar-refractivity contribution in [2.24, 2.45) is 5.92 Å². The van der Waals surface area contributed by atoms with Crippen LogP contribution in [0.15, 0.2) is 12.7 Å². The molecule has 14 heavy (non-hydrogen) atoms. The lowest BCUT2D eigenvalue weighted by Gasteiger charge is -2.27. The third kappa shape index (κ3) is 1.41. The quantitative estimate of drug-likeness (QED) is 0.619. The number of amides is 2. The molecule has 0 spiro atoms. The second-order valence-corrected chi connectivity index (χ2v) is 4.13. The van der Waals surface area contributed by atoms with Gasteiger partial charge < -0.3 is 10.6 Å². The Kier molecular flexibility index (Phi) is 2.06. The van der Waals surface area contributed by atoms with E-state index < -0.39 is 0 Å². The van der Waals surface area contributed by atoms with Crippen molar-refractivity contribution in [1.82, 2.24) is 10.6 Å². The van der Waals surface area contributed by atoms with E-state index in [1.54, 1.807) is 0 Å². The van der Waals surface area contributed by atoms with Gasteiger partial charge in [-0.2, -0.15) is 0 Å². The van der Waals surface area contributed by atoms with Crippen LogP contribution in [-0.4, -0.2) is 23.9 Å². The van der Waals surface area contributed by atoms with Gasteiger partial charge in [0.05, 0.1) is 5.54 Å². The van der Waals surface area contributed by atoms with Crippen LogP contribution in [0.25, 0.3) is 0 Å². The minimum absolute atomic E-state index is 0.143. The lowest BCUT2D eigenvalue weighted by atomic mass is 9.99. The summed E-state index contributed by atoms with van der Waals surface area (Å²) in [6.07, 6.45) is 4.04. The van der Waals surface area contributed by atoms with Gasteiger partial charge in [0.15, 0.2) is 0 Å². The summed E-state index contributed by atoms with van der Waals surface area (Å²) in [5, 5.41) is 5.70. The summed E-state index contributed by atoms with van der Waals surface area (Å²) in [5.41, 5.74) is -0.166. The molecule has 1 aliphatic heterocycles. The van der Waals surface area contributed by atoms with Gasteiger partial charge in [-0.15, -0.1) is 0 Å². The van der Waals surface area contributed by atoms with Crippen molar-refractivity contribution in [1.29, 1.82) is 0 Å². The summed E-state index contributed by atoms with van der Waals surface area (Å²) in [4.78, 5) is 22.3. The molecule has 2 unspecified atom stereocenters. The van der Waals surface area contributed by atoms with E-state index in [1.165, 1.54) is 6.08 Å². The number of nitrogens with one attached hydrogen (secondary N) is 2. The summed E-state index contributed by atoms with van der Waals surface area (Å²) >= 11 is 0. The minimum atomic E-state index is -0.177. The summed E-state index contributed by atoms with van der Waals surface area (Å²) < 4.78 is 0. The molecule has 1 aliphatic carbocycles. The number of carbonyl (C=O) groups excluding carboxylic acids is 2. The number of hydrogen-bond donors (Lipinski definition) is 2. The Balaban J connectivity index is 1.94. The zero-order chi connectivity index (χ0) is 10.2. The van der Waals surface area contributed by atoms with Crippen molar-refractivity contribution in [2.75, 3.05) is 6.54 Å². The fraction of sp³-hybridized carbons (Fsp3) is 0.600. The van der Waals surface area contributed by atoms with Crippen molar-refractivity contribution >= 4 is 11.8 Å². The molecule has 1 heterocycles. The fourth-order valence-corrected chi connectivity index (χ4v) is 2.36. The highest BCUT2D eigenvalue weighted by molar-refractivity contribution is 5.87. The maximum absolute atomic E-state index is 11.3. The molecule has 2 rings (SSSR count). The van der Waals surface area contributed by atoms with Gasteiger partial charge in [-0.1, -0.05) is 6.58 Å². The smallest absolute Gasteiger partial charge is 0.243 e. The van der Waals surface area contributed by atoms with Gasteiger partial charge in [-0.25, -0.2) is 0 Å². The molecule has 0 radical (unpaired) electrons. The first-order valence-corrected chi connectivity index (χ1v) is 4.87. The third-order valence-electron chi connectivity index (χ3n) is 3.15. The lowest BCUT2D eigenvalue weighted by Crippen LogP contribution is -2.51. The van der Waals surface area contributed by atoms with Crippen LogP contribution in [0.2, 0.25) is 0 Å². The molecule has 2 N–H and O–H groups in total. The van der Waals surface area contributed by atoms with E-state index in [0.717, 1.165) is 19.3 Å². The molecule has 76 valence electrons. The SMILES string of the molecule is C=CC(=O)NCC12CCC(C1)C(=O)N2. The zero-order valence-electron chi connectivity index (χ0n) is 8.01. The summed E-state index contributed by atoms with van der Waals surface area (Å²) in [6.45, 7) is 3.91. The monoisotopic (exact) mass is 194 g/mol. The summed E-state index contributed by atoms with van der Waals surface area (Å²) in [5.74, 6) is 0.142. The highest BCUT2D eigenvalue weighted by atomic mass is 16.2. The highest BCUT2D eigenvalue weighted by Crippen LogP contribution is 2.39. The van der Waals surface area contributed by atoms with E-state index >= 15 is 0 Å². The normalized spacial score (nSPS) is 34.0. The number of carbonyl (C=O) groups is 2. The molecule has 2 aliphatic rings. The first-order chi connectivity index (χ1) is 6.65. The van der Waals surface area contributed by atoms with Gasteiger partial charge >= 0.3 is 0 Å². The first kappa shape index (κ1) is 9.24. The van der Waals surface area contributed by atoms with Crippen LogP contribution in [0, 0.1) is 5.92 Å². The molecule has 2 fully saturated rings. The van der Waals surface area contributed by atoms with Crippen LogP contribution in [0.4, 0.5) is 0 Å². The maximum atomic E-state index is 11.3. The van der Waals surface area contributed by atoms with Gasteiger partial charge in [0.2, 0.25) is 11.8 Å². The van der Waals surface area contributed by atoms with Crippen molar-refractivity contribution in [3.05, 3.63) is 12.7 Å².